The van der Waals surface area contributed by atoms with Crippen LogP contribution in [-0.2, 0) is 34.2 Å². The molecule has 1 aliphatic rings. The van der Waals surface area contributed by atoms with E-state index in [-0.39, 0.29) is 41.9 Å². The molecule has 0 bridgehead atoms. The summed E-state index contributed by atoms with van der Waals surface area (Å²) in [5, 5.41) is 31.6. The molecule has 1 saturated heterocycles. The normalized spacial score (nSPS) is 13.5. The van der Waals surface area contributed by atoms with Crippen molar-refractivity contribution in [2.24, 2.45) is 5.92 Å². The number of benzene rings is 4. The van der Waals surface area contributed by atoms with E-state index in [1.807, 2.05) is 19.7 Å². The Hall–Kier alpha value is -5.02. The molecule has 1 fully saturated rings. The Morgan fingerprint density at radius 2 is 1.32 bits per heavy atom. The van der Waals surface area contributed by atoms with E-state index in [0.29, 0.717) is 39.0 Å². The minimum absolute atomic E-state index is 0.206. The van der Waals surface area contributed by atoms with E-state index in [2.05, 4.69) is 37.0 Å². The number of aromatic nitrogens is 2. The number of carbonyl (C=O) groups excluding carboxylic acids is 2. The molecule has 332 valence electrons. The van der Waals surface area contributed by atoms with Gasteiger partial charge < -0.3 is 24.7 Å². The number of aliphatic hydroxyl groups excluding tert-OH is 2. The summed E-state index contributed by atoms with van der Waals surface area (Å²) in [4.78, 5) is 31.4. The maximum Gasteiger partial charge on any atom is 0.247 e. The fourth-order valence-electron chi connectivity index (χ4n) is 6.10. The Bertz CT molecular complexity index is 2380. The summed E-state index contributed by atoms with van der Waals surface area (Å²) >= 11 is 16.8. The Balaban J connectivity index is 0.000000285. The zero-order valence-electron chi connectivity index (χ0n) is 35.4. The Morgan fingerprint density at radius 1 is 0.825 bits per heavy atom. The molecule has 6 rings (SSSR count). The molecule has 1 amide bonds. The van der Waals surface area contributed by atoms with Gasteiger partial charge >= 0.3 is 0 Å². The van der Waals surface area contributed by atoms with Crippen LogP contribution in [0.4, 0.5) is 20.2 Å². The van der Waals surface area contributed by atoms with Crippen molar-refractivity contribution in [3.8, 4) is 11.5 Å². The first-order chi connectivity index (χ1) is 30.1. The second-order valence-corrected chi connectivity index (χ2v) is 16.5. The van der Waals surface area contributed by atoms with Crippen LogP contribution in [0, 0.1) is 44.5 Å². The van der Waals surface area contributed by atoms with Crippen molar-refractivity contribution < 1.29 is 37.7 Å². The van der Waals surface area contributed by atoms with Gasteiger partial charge in [0.2, 0.25) is 29.1 Å². The average molecular weight is 939 g/mol. The fourth-order valence-corrected chi connectivity index (χ4v) is 6.55. The highest BCUT2D eigenvalue weighted by molar-refractivity contribution is 7.96. The van der Waals surface area contributed by atoms with Crippen LogP contribution in [0.15, 0.2) is 77.2 Å². The molecule has 0 aliphatic carbocycles. The van der Waals surface area contributed by atoms with Gasteiger partial charge in [0, 0.05) is 24.3 Å². The van der Waals surface area contributed by atoms with Crippen molar-refractivity contribution in [2.45, 2.75) is 71.5 Å². The van der Waals surface area contributed by atoms with E-state index in [4.69, 9.17) is 45.5 Å². The second kappa shape index (κ2) is 26.6. The lowest BCUT2D eigenvalue weighted by atomic mass is 9.91. The monoisotopic (exact) mass is 937 g/mol. The highest BCUT2D eigenvalue weighted by Crippen LogP contribution is 2.35. The summed E-state index contributed by atoms with van der Waals surface area (Å²) in [5.74, 6) is -2.34. The van der Waals surface area contributed by atoms with E-state index in [0.717, 1.165) is 37.3 Å². The molecule has 0 saturated carbocycles. The van der Waals surface area contributed by atoms with Crippen molar-refractivity contribution in [1.82, 2.24) is 15.5 Å². The maximum atomic E-state index is 13.1. The van der Waals surface area contributed by atoms with E-state index >= 15 is 0 Å². The maximum absolute atomic E-state index is 13.1. The Labute approximate surface area is 383 Å². The number of nitrogens with one attached hydrogen (secondary N) is 1. The van der Waals surface area contributed by atoms with Gasteiger partial charge in [-0.05, 0) is 138 Å². The van der Waals surface area contributed by atoms with Crippen LogP contribution < -0.4 is 5.32 Å². The van der Waals surface area contributed by atoms with E-state index in [9.17, 15) is 28.6 Å². The minimum atomic E-state index is -0.959. The predicted molar refractivity (Wildman–Crippen MR) is 246 cm³/mol. The molecule has 3 N–H and O–H groups in total. The summed E-state index contributed by atoms with van der Waals surface area (Å²) in [7, 11) is 1.00. The van der Waals surface area contributed by atoms with Gasteiger partial charge in [-0.25, -0.2) is 18.5 Å². The van der Waals surface area contributed by atoms with Gasteiger partial charge in [0.1, 0.15) is 11.6 Å². The molecule has 0 spiro atoms. The van der Waals surface area contributed by atoms with Crippen molar-refractivity contribution >= 4 is 65.4 Å². The van der Waals surface area contributed by atoms with Gasteiger partial charge in [0.15, 0.2) is 5.78 Å². The van der Waals surface area contributed by atoms with Crippen molar-refractivity contribution in [1.29, 1.82) is 0 Å². The van der Waals surface area contributed by atoms with Gasteiger partial charge in [-0.3, -0.25) is 9.59 Å². The number of ketones is 1. The van der Waals surface area contributed by atoms with Crippen LogP contribution in [0.2, 0.25) is 10.0 Å². The van der Waals surface area contributed by atoms with E-state index in [1.54, 1.807) is 44.2 Å². The number of aliphatic hydroxyl groups is 2. The number of ether oxygens (including phenoxy) is 1. The predicted octanol–water partition coefficient (Wildman–Crippen LogP) is 10.8. The number of amides is 1. The first-order valence-electron chi connectivity index (χ1n) is 19.7. The molecule has 63 heavy (non-hydrogen) atoms. The number of nitrogens with zero attached hydrogens (tertiary/aromatic N) is 4. The van der Waals surface area contributed by atoms with Crippen LogP contribution in [0.5, 0.6) is 0 Å². The molecule has 1 aromatic heterocycles. The molecule has 0 unspecified atom stereocenters. The smallest absolute Gasteiger partial charge is 0.247 e. The Kier molecular flexibility index (Phi) is 22.1. The third-order valence-corrected chi connectivity index (χ3v) is 10.8. The number of halogens is 4. The first-order valence-corrected chi connectivity index (χ1v) is 22.8. The quantitative estimate of drug-likeness (QED) is 0.0633. The number of rotatable bonds is 12. The van der Waals surface area contributed by atoms with Gasteiger partial charge in [0.05, 0.1) is 53.8 Å². The highest BCUT2D eigenvalue weighted by atomic mass is 35.5. The highest BCUT2D eigenvalue weighted by Gasteiger charge is 2.27. The first kappa shape index (κ1) is 52.3. The van der Waals surface area contributed by atoms with Crippen LogP contribution in [0.3, 0.4) is 0 Å². The lowest BCUT2D eigenvalue weighted by Gasteiger charge is -2.21. The largest absolute Gasteiger partial charge is 0.420 e. The van der Waals surface area contributed by atoms with Crippen LogP contribution in [0.25, 0.3) is 21.1 Å². The number of carbonyl (C=O) groups is 2. The molecule has 5 aromatic rings. The van der Waals surface area contributed by atoms with Gasteiger partial charge in [-0.15, -0.1) is 10.2 Å². The summed E-state index contributed by atoms with van der Waals surface area (Å²) in [6.45, 7) is 24.6. The summed E-state index contributed by atoms with van der Waals surface area (Å²) in [6.07, 6.45) is 1.48. The Morgan fingerprint density at radius 3 is 1.76 bits per heavy atom. The van der Waals surface area contributed by atoms with E-state index < -0.39 is 35.8 Å². The molecule has 4 aromatic carbocycles. The number of hydrogen-bond donors (Lipinski definition) is 3. The number of hydrogen-bond acceptors (Lipinski definition) is 9. The summed E-state index contributed by atoms with van der Waals surface area (Å²) < 4.78 is 36.7. The molecule has 17 heteroatoms. The molecule has 0 radical (unpaired) electrons. The number of Topliss-reactive ketones (excluding diaryl/α,β-unsaturated/α-hetero) is 1. The van der Waals surface area contributed by atoms with Crippen LogP contribution in [-0.4, -0.2) is 70.7 Å². The topological polar surface area (TPSA) is 144 Å². The van der Waals surface area contributed by atoms with Crippen LogP contribution >= 0.6 is 30.6 Å². The standard InChI is InChI=1S/C21H20ClFN2O3.C20H17ClFN3O2.C4H8O.CH3PS/c1-12-15(6-9-18(24-3)20(12)22)10-17(13(2)26)21(28)25-11-19(27)14-4-7-16(23)8-5-14;1-11-14(6-9-17(23-3)18(11)21)10-16(12(2)26)20-25-24-19(27-20)13-4-7-15(22)8-5-13;1-2-4-5-3-1;1-2-3/h4-9,13,17,26H,10-11H2,1-2H3,(H,25,28);4-9,12,16,26H,10H2,1-2H3;1-4H2;1H3/t13-,17-;12-,16-;;/m11../s1. The molecule has 11 nitrogen and oxygen atoms in total. The molecular formula is C46H48Cl2F2N5O6PS. The van der Waals surface area contributed by atoms with Crippen molar-refractivity contribution in [2.75, 3.05) is 26.4 Å². The summed E-state index contributed by atoms with van der Waals surface area (Å²) in [5.41, 5.74) is 4.69. The zero-order chi connectivity index (χ0) is 46.6. The van der Waals surface area contributed by atoms with Gasteiger partial charge in [-0.2, -0.15) is 0 Å². The minimum Gasteiger partial charge on any atom is -0.420 e. The second-order valence-electron chi connectivity index (χ2n) is 14.3. The third kappa shape index (κ3) is 15.9. The molecule has 4 atom stereocenters. The SMILES string of the molecule is C1CCOC1.CP=S.[C-]#[N+]c1ccc(C[C@@H](C(=O)NCC(=O)c2ccc(F)cc2)[C@@H](C)O)c(C)c1Cl.[C-]#[N+]c1ccc(C[C@@H](c2nnc(-c3ccc(F)cc3)o2)[C@@H](C)O)c(C)c1Cl. The van der Waals surface area contributed by atoms with Gasteiger partial charge in [0.25, 0.3) is 0 Å². The third-order valence-electron chi connectivity index (χ3n) is 9.84. The van der Waals surface area contributed by atoms with Crippen LogP contribution in [0.1, 0.15) is 71.1 Å². The lowest BCUT2D eigenvalue weighted by Crippen LogP contribution is -2.40. The van der Waals surface area contributed by atoms with Crippen molar-refractivity contribution in [3.05, 3.63) is 151 Å². The summed E-state index contributed by atoms with van der Waals surface area (Å²) in [6, 6.07) is 17.5. The van der Waals surface area contributed by atoms with Gasteiger partial charge in [-0.1, -0.05) is 59.3 Å². The molecule has 2 heterocycles. The average Bonchev–Trinajstić information content (AvgIpc) is 4.02. The van der Waals surface area contributed by atoms with Crippen molar-refractivity contribution in [3.63, 3.8) is 0 Å². The van der Waals surface area contributed by atoms with E-state index in [1.165, 1.54) is 56.2 Å². The lowest BCUT2D eigenvalue weighted by molar-refractivity contribution is -0.127. The molecule has 1 aliphatic heterocycles. The zero-order valence-corrected chi connectivity index (χ0v) is 38.6. The molecular weight excluding hydrogens is 890 g/mol. The fraction of sp³-hybridized carbons (Fsp3) is 0.348.